The highest BCUT2D eigenvalue weighted by Gasteiger charge is 2.37. The third-order valence-corrected chi connectivity index (χ3v) is 5.80. The molecular weight excluding hydrogens is 288 g/mol. The highest BCUT2D eigenvalue weighted by Crippen LogP contribution is 2.39. The molecule has 0 bridgehead atoms. The lowest BCUT2D eigenvalue weighted by atomic mass is 9.84. The highest BCUT2D eigenvalue weighted by molar-refractivity contribution is 5.42. The van der Waals surface area contributed by atoms with Crippen molar-refractivity contribution in [1.82, 2.24) is 15.1 Å². The Balaban J connectivity index is 1.28. The molecule has 2 aliphatic carbocycles. The summed E-state index contributed by atoms with van der Waals surface area (Å²) in [7, 11) is 2.15. The van der Waals surface area contributed by atoms with Crippen LogP contribution in [0.25, 0.3) is 0 Å². The molecule has 0 aromatic carbocycles. The van der Waals surface area contributed by atoms with Crippen molar-refractivity contribution in [3.8, 4) is 0 Å². The van der Waals surface area contributed by atoms with E-state index < -0.39 is 5.60 Å². The van der Waals surface area contributed by atoms with Crippen molar-refractivity contribution >= 4 is 5.82 Å². The summed E-state index contributed by atoms with van der Waals surface area (Å²) in [5, 5.41) is 19.5. The van der Waals surface area contributed by atoms with Crippen molar-refractivity contribution in [2.45, 2.75) is 62.5 Å². The second-order valence-corrected chi connectivity index (χ2v) is 7.85. The Hall–Kier alpha value is -1.20. The lowest BCUT2D eigenvalue weighted by Crippen LogP contribution is -2.61. The summed E-state index contributed by atoms with van der Waals surface area (Å²) in [4.78, 5) is 4.63. The van der Waals surface area contributed by atoms with Crippen LogP contribution in [0.2, 0.25) is 0 Å². The van der Waals surface area contributed by atoms with E-state index in [4.69, 9.17) is 0 Å². The molecule has 2 heterocycles. The smallest absolute Gasteiger partial charge is 0.151 e. The van der Waals surface area contributed by atoms with Gasteiger partial charge in [-0.1, -0.05) is 19.3 Å². The summed E-state index contributed by atoms with van der Waals surface area (Å²) in [6.45, 7) is 2.78. The largest absolute Gasteiger partial charge is 0.389 e. The van der Waals surface area contributed by atoms with E-state index in [9.17, 15) is 5.11 Å². The Morgan fingerprint density at radius 2 is 1.91 bits per heavy atom. The second kappa shape index (κ2) is 6.02. The van der Waals surface area contributed by atoms with E-state index in [1.807, 2.05) is 0 Å². The van der Waals surface area contributed by atoms with Crippen LogP contribution in [0.3, 0.4) is 0 Å². The first-order valence-corrected chi connectivity index (χ1v) is 9.14. The Morgan fingerprint density at radius 3 is 2.52 bits per heavy atom. The molecule has 5 nitrogen and oxygen atoms in total. The minimum absolute atomic E-state index is 0.459. The van der Waals surface area contributed by atoms with E-state index in [-0.39, 0.29) is 0 Å². The molecule has 1 saturated heterocycles. The lowest BCUT2D eigenvalue weighted by Gasteiger charge is -2.47. The van der Waals surface area contributed by atoms with Gasteiger partial charge in [-0.25, -0.2) is 0 Å². The maximum Gasteiger partial charge on any atom is 0.151 e. The minimum Gasteiger partial charge on any atom is -0.389 e. The van der Waals surface area contributed by atoms with Gasteiger partial charge in [-0.05, 0) is 44.9 Å². The monoisotopic (exact) mass is 316 g/mol. The average molecular weight is 316 g/mol. The topological polar surface area (TPSA) is 52.5 Å². The summed E-state index contributed by atoms with van der Waals surface area (Å²) in [6, 6.07) is 4.78. The molecule has 1 N–H and O–H groups in total. The quantitative estimate of drug-likeness (QED) is 0.902. The molecule has 1 aromatic rings. The van der Waals surface area contributed by atoms with E-state index in [1.165, 1.54) is 32.1 Å². The number of nitrogens with zero attached hydrogens (tertiary/aromatic N) is 4. The fourth-order valence-electron chi connectivity index (χ4n) is 3.98. The Morgan fingerprint density at radius 1 is 1.17 bits per heavy atom. The summed E-state index contributed by atoms with van der Waals surface area (Å²) in [5.74, 6) is 1.67. The molecule has 0 atom stereocenters. The van der Waals surface area contributed by atoms with Gasteiger partial charge in [0.25, 0.3) is 0 Å². The van der Waals surface area contributed by atoms with E-state index in [1.54, 1.807) is 0 Å². The Kier molecular flexibility index (Phi) is 4.01. The van der Waals surface area contributed by atoms with Gasteiger partial charge in [-0.3, -0.25) is 4.90 Å². The molecule has 3 fully saturated rings. The molecule has 4 rings (SSSR count). The number of aromatic nitrogens is 2. The van der Waals surface area contributed by atoms with Crippen molar-refractivity contribution in [3.05, 3.63) is 17.8 Å². The second-order valence-electron chi connectivity index (χ2n) is 7.85. The molecule has 0 spiro atoms. The van der Waals surface area contributed by atoms with Crippen LogP contribution in [0.15, 0.2) is 12.1 Å². The average Bonchev–Trinajstić information content (AvgIpc) is 3.31. The molecule has 0 radical (unpaired) electrons. The standard InChI is InChI=1S/C18H28N4O/c1-21(13-18(23)9-3-2-4-10-18)15-11-22(12-15)17-8-7-16(19-20-17)14-5-6-14/h7-8,14-15,23H,2-6,9-13H2,1H3. The molecule has 0 amide bonds. The third-order valence-electron chi connectivity index (χ3n) is 5.80. The number of anilines is 1. The van der Waals surface area contributed by atoms with Crippen LogP contribution in [-0.2, 0) is 0 Å². The molecule has 5 heteroatoms. The Labute approximate surface area is 138 Å². The maximum absolute atomic E-state index is 10.7. The molecule has 0 unspecified atom stereocenters. The minimum atomic E-state index is -0.459. The van der Waals surface area contributed by atoms with Gasteiger partial charge >= 0.3 is 0 Å². The van der Waals surface area contributed by atoms with Gasteiger partial charge in [-0.15, -0.1) is 5.10 Å². The van der Waals surface area contributed by atoms with Gasteiger partial charge in [-0.2, -0.15) is 5.10 Å². The predicted octanol–water partition coefficient (Wildman–Crippen LogP) is 2.17. The zero-order valence-electron chi connectivity index (χ0n) is 14.1. The van der Waals surface area contributed by atoms with Crippen LogP contribution < -0.4 is 4.90 Å². The number of aliphatic hydroxyl groups is 1. The normalized spacial score (nSPS) is 24.7. The molecule has 1 aliphatic heterocycles. The summed E-state index contributed by atoms with van der Waals surface area (Å²) in [5.41, 5.74) is 0.696. The van der Waals surface area contributed by atoms with E-state index >= 15 is 0 Å². The van der Waals surface area contributed by atoms with Gasteiger partial charge in [0.15, 0.2) is 5.82 Å². The maximum atomic E-state index is 10.7. The number of likely N-dealkylation sites (N-methyl/N-ethyl adjacent to an activating group) is 1. The van der Waals surface area contributed by atoms with Gasteiger partial charge in [0.05, 0.1) is 11.3 Å². The lowest BCUT2D eigenvalue weighted by molar-refractivity contribution is -0.0316. The number of rotatable bonds is 5. The summed E-state index contributed by atoms with van der Waals surface area (Å²) >= 11 is 0. The van der Waals surface area contributed by atoms with Gasteiger partial charge in [0.1, 0.15) is 0 Å². The van der Waals surface area contributed by atoms with Gasteiger partial charge in [0, 0.05) is 31.6 Å². The van der Waals surface area contributed by atoms with Crippen LogP contribution in [0.1, 0.15) is 56.6 Å². The van der Waals surface area contributed by atoms with Crippen LogP contribution in [0, 0.1) is 0 Å². The number of hydrogen-bond acceptors (Lipinski definition) is 5. The fourth-order valence-corrected chi connectivity index (χ4v) is 3.98. The van der Waals surface area contributed by atoms with Crippen LogP contribution in [0.4, 0.5) is 5.82 Å². The van der Waals surface area contributed by atoms with Crippen molar-refractivity contribution in [2.24, 2.45) is 0 Å². The van der Waals surface area contributed by atoms with E-state index in [0.29, 0.717) is 12.0 Å². The Bertz CT molecular complexity index is 530. The zero-order valence-corrected chi connectivity index (χ0v) is 14.1. The van der Waals surface area contributed by atoms with Crippen molar-refractivity contribution in [3.63, 3.8) is 0 Å². The SMILES string of the molecule is CN(CC1(O)CCCCC1)C1CN(c2ccc(C3CC3)nn2)C1. The van der Waals surface area contributed by atoms with Gasteiger partial charge in [0.2, 0.25) is 0 Å². The predicted molar refractivity (Wildman–Crippen MR) is 90.7 cm³/mol. The number of hydrogen-bond donors (Lipinski definition) is 1. The van der Waals surface area contributed by atoms with E-state index in [0.717, 1.165) is 44.0 Å². The van der Waals surface area contributed by atoms with Gasteiger partial charge < -0.3 is 10.0 Å². The zero-order chi connectivity index (χ0) is 15.9. The molecule has 2 saturated carbocycles. The van der Waals surface area contributed by atoms with Crippen LogP contribution >= 0.6 is 0 Å². The summed E-state index contributed by atoms with van der Waals surface area (Å²) in [6.07, 6.45) is 8.08. The molecule has 126 valence electrons. The molecule has 3 aliphatic rings. The highest BCUT2D eigenvalue weighted by atomic mass is 16.3. The fraction of sp³-hybridized carbons (Fsp3) is 0.778. The van der Waals surface area contributed by atoms with Crippen molar-refractivity contribution in [1.29, 1.82) is 0 Å². The van der Waals surface area contributed by atoms with Crippen molar-refractivity contribution in [2.75, 3.05) is 31.6 Å². The van der Waals surface area contributed by atoms with Crippen LogP contribution in [0.5, 0.6) is 0 Å². The first-order chi connectivity index (χ1) is 11.1. The first-order valence-electron chi connectivity index (χ1n) is 9.14. The van der Waals surface area contributed by atoms with E-state index in [2.05, 4.69) is 39.2 Å². The molecular formula is C18H28N4O. The first kappa shape index (κ1) is 15.3. The third kappa shape index (κ3) is 3.36. The molecule has 23 heavy (non-hydrogen) atoms. The summed E-state index contributed by atoms with van der Waals surface area (Å²) < 4.78 is 0. The molecule has 1 aromatic heterocycles. The van der Waals surface area contributed by atoms with Crippen molar-refractivity contribution < 1.29 is 5.11 Å². The van der Waals surface area contributed by atoms with Crippen LogP contribution in [-0.4, -0.2) is 58.5 Å².